The molecular formula is C15H24N2O. The number of nitrogens with zero attached hydrogens (tertiary/aromatic N) is 1. The Labute approximate surface area is 110 Å². The van der Waals surface area contributed by atoms with Crippen LogP contribution in [0.5, 0.6) is 0 Å². The third-order valence-electron chi connectivity index (χ3n) is 2.83. The monoisotopic (exact) mass is 248 g/mol. The van der Waals surface area contributed by atoms with Crippen LogP contribution in [0.4, 0.5) is 10.5 Å². The lowest BCUT2D eigenvalue weighted by molar-refractivity contribution is 0.211. The molecule has 2 amide bonds. The van der Waals surface area contributed by atoms with Crippen LogP contribution in [0.2, 0.25) is 0 Å². The first-order valence-corrected chi connectivity index (χ1v) is 6.80. The fourth-order valence-electron chi connectivity index (χ4n) is 1.86. The zero-order chi connectivity index (χ0) is 13.4. The second-order valence-corrected chi connectivity index (χ2v) is 4.64. The van der Waals surface area contributed by atoms with Crippen LogP contribution in [-0.2, 0) is 0 Å². The maximum Gasteiger partial charge on any atom is 0.321 e. The lowest BCUT2D eigenvalue weighted by Gasteiger charge is -2.22. The summed E-state index contributed by atoms with van der Waals surface area (Å²) in [5, 5.41) is 2.96. The Bertz CT molecular complexity index is 377. The molecule has 1 aromatic rings. The van der Waals surface area contributed by atoms with Crippen LogP contribution in [0.3, 0.4) is 0 Å². The van der Waals surface area contributed by atoms with E-state index >= 15 is 0 Å². The van der Waals surface area contributed by atoms with Crippen molar-refractivity contribution in [2.24, 2.45) is 0 Å². The van der Waals surface area contributed by atoms with Gasteiger partial charge in [0.2, 0.25) is 0 Å². The molecule has 1 aromatic carbocycles. The Balaban J connectivity index is 2.60. The Morgan fingerprint density at radius 1 is 1.22 bits per heavy atom. The predicted octanol–water partition coefficient (Wildman–Crippen LogP) is 4.04. The van der Waals surface area contributed by atoms with Crippen molar-refractivity contribution in [3.8, 4) is 0 Å². The van der Waals surface area contributed by atoms with Crippen molar-refractivity contribution in [3.05, 3.63) is 29.8 Å². The minimum absolute atomic E-state index is 0.0101. The van der Waals surface area contributed by atoms with Crippen LogP contribution in [0.15, 0.2) is 24.3 Å². The average Bonchev–Trinajstić information content (AvgIpc) is 2.34. The molecule has 0 aromatic heterocycles. The Morgan fingerprint density at radius 3 is 2.61 bits per heavy atom. The number of benzene rings is 1. The quantitative estimate of drug-likeness (QED) is 0.809. The van der Waals surface area contributed by atoms with Gasteiger partial charge >= 0.3 is 6.03 Å². The molecule has 0 radical (unpaired) electrons. The van der Waals surface area contributed by atoms with Crippen LogP contribution in [0.1, 0.15) is 38.7 Å². The average molecular weight is 248 g/mol. The number of hydrogen-bond acceptors (Lipinski definition) is 1. The fraction of sp³-hybridized carbons (Fsp3) is 0.533. The van der Waals surface area contributed by atoms with Gasteiger partial charge in [-0.1, -0.05) is 32.4 Å². The third-order valence-corrected chi connectivity index (χ3v) is 2.83. The molecule has 0 saturated carbocycles. The number of aryl methyl sites for hydroxylation is 1. The Kier molecular flexibility index (Phi) is 6.26. The number of nitrogens with one attached hydrogen (secondary N) is 1. The van der Waals surface area contributed by atoms with Crippen molar-refractivity contribution in [2.45, 2.75) is 40.0 Å². The fourth-order valence-corrected chi connectivity index (χ4v) is 1.86. The molecule has 1 rings (SSSR count). The zero-order valence-corrected chi connectivity index (χ0v) is 11.7. The molecule has 0 aliphatic rings. The molecule has 1 N–H and O–H groups in total. The van der Waals surface area contributed by atoms with Gasteiger partial charge in [-0.3, -0.25) is 0 Å². The Morgan fingerprint density at radius 2 is 2.00 bits per heavy atom. The summed E-state index contributed by atoms with van der Waals surface area (Å²) in [7, 11) is 0. The topological polar surface area (TPSA) is 32.3 Å². The molecule has 18 heavy (non-hydrogen) atoms. The maximum atomic E-state index is 12.1. The normalized spacial score (nSPS) is 10.2. The van der Waals surface area contributed by atoms with E-state index < -0.39 is 0 Å². The van der Waals surface area contributed by atoms with Gasteiger partial charge in [0.05, 0.1) is 0 Å². The molecule has 100 valence electrons. The summed E-state index contributed by atoms with van der Waals surface area (Å²) in [6.07, 6.45) is 3.16. The van der Waals surface area contributed by atoms with Crippen molar-refractivity contribution in [3.63, 3.8) is 0 Å². The van der Waals surface area contributed by atoms with Crippen LogP contribution in [-0.4, -0.2) is 24.0 Å². The number of unbranched alkanes of at least 4 members (excludes halogenated alkanes) is 1. The molecule has 3 nitrogen and oxygen atoms in total. The standard InChI is InChI=1S/C15H24N2O/c1-4-6-11-17(10-5-2)15(18)16-14-9-7-8-13(3)12-14/h7-9,12H,4-6,10-11H2,1-3H3,(H,16,18). The molecule has 0 spiro atoms. The minimum atomic E-state index is 0.0101. The van der Waals surface area contributed by atoms with Crippen LogP contribution < -0.4 is 5.32 Å². The summed E-state index contributed by atoms with van der Waals surface area (Å²) in [6.45, 7) is 7.91. The van der Waals surface area contributed by atoms with Crippen LogP contribution in [0, 0.1) is 6.92 Å². The summed E-state index contributed by atoms with van der Waals surface area (Å²) in [4.78, 5) is 14.0. The van der Waals surface area contributed by atoms with E-state index in [1.807, 2.05) is 36.1 Å². The number of rotatable bonds is 6. The summed E-state index contributed by atoms with van der Waals surface area (Å²) < 4.78 is 0. The molecular weight excluding hydrogens is 224 g/mol. The van der Waals surface area contributed by atoms with Gasteiger partial charge in [0.25, 0.3) is 0 Å². The zero-order valence-electron chi connectivity index (χ0n) is 11.7. The van der Waals surface area contributed by atoms with E-state index in [4.69, 9.17) is 0 Å². The van der Waals surface area contributed by atoms with Crippen molar-refractivity contribution >= 4 is 11.7 Å². The van der Waals surface area contributed by atoms with Gasteiger partial charge in [-0.2, -0.15) is 0 Å². The van der Waals surface area contributed by atoms with E-state index in [0.29, 0.717) is 0 Å². The first kappa shape index (κ1) is 14.6. The van der Waals surface area contributed by atoms with Gasteiger partial charge in [-0.25, -0.2) is 4.79 Å². The molecule has 0 fully saturated rings. The largest absolute Gasteiger partial charge is 0.325 e. The van der Waals surface area contributed by atoms with Gasteiger partial charge in [-0.05, 0) is 37.5 Å². The lowest BCUT2D eigenvalue weighted by atomic mass is 10.2. The molecule has 0 aliphatic carbocycles. The minimum Gasteiger partial charge on any atom is -0.325 e. The SMILES string of the molecule is CCCCN(CCC)C(=O)Nc1cccc(C)c1. The van der Waals surface area contributed by atoms with Crippen molar-refractivity contribution in [1.29, 1.82) is 0 Å². The van der Waals surface area contributed by atoms with Gasteiger partial charge < -0.3 is 10.2 Å². The number of carbonyl (C=O) groups excluding carboxylic acids is 1. The van der Waals surface area contributed by atoms with Gasteiger partial charge in [0.15, 0.2) is 0 Å². The number of carbonyl (C=O) groups is 1. The van der Waals surface area contributed by atoms with E-state index in [9.17, 15) is 4.79 Å². The summed E-state index contributed by atoms with van der Waals surface area (Å²) in [5.74, 6) is 0. The van der Waals surface area contributed by atoms with E-state index in [2.05, 4.69) is 19.2 Å². The number of amides is 2. The molecule has 0 saturated heterocycles. The van der Waals surface area contributed by atoms with Gasteiger partial charge in [-0.15, -0.1) is 0 Å². The second-order valence-electron chi connectivity index (χ2n) is 4.64. The highest BCUT2D eigenvalue weighted by Gasteiger charge is 2.11. The van der Waals surface area contributed by atoms with Gasteiger partial charge in [0.1, 0.15) is 0 Å². The van der Waals surface area contributed by atoms with Crippen molar-refractivity contribution < 1.29 is 4.79 Å². The highest BCUT2D eigenvalue weighted by Crippen LogP contribution is 2.11. The molecule has 0 aliphatic heterocycles. The highest BCUT2D eigenvalue weighted by atomic mass is 16.2. The summed E-state index contributed by atoms with van der Waals surface area (Å²) >= 11 is 0. The number of anilines is 1. The van der Waals surface area contributed by atoms with Crippen molar-refractivity contribution in [1.82, 2.24) is 4.90 Å². The smallest absolute Gasteiger partial charge is 0.321 e. The highest BCUT2D eigenvalue weighted by molar-refractivity contribution is 5.89. The van der Waals surface area contributed by atoms with Crippen molar-refractivity contribution in [2.75, 3.05) is 18.4 Å². The van der Waals surface area contributed by atoms with Gasteiger partial charge in [0, 0.05) is 18.8 Å². The first-order chi connectivity index (χ1) is 8.67. The van der Waals surface area contributed by atoms with Crippen LogP contribution >= 0.6 is 0 Å². The van der Waals surface area contributed by atoms with E-state index in [1.165, 1.54) is 0 Å². The molecule has 0 bridgehead atoms. The number of urea groups is 1. The summed E-state index contributed by atoms with van der Waals surface area (Å²) in [6, 6.07) is 7.91. The lowest BCUT2D eigenvalue weighted by Crippen LogP contribution is -2.36. The van der Waals surface area contributed by atoms with Crippen LogP contribution in [0.25, 0.3) is 0 Å². The first-order valence-electron chi connectivity index (χ1n) is 6.80. The molecule has 3 heteroatoms. The Hall–Kier alpha value is -1.51. The predicted molar refractivity (Wildman–Crippen MR) is 77.0 cm³/mol. The maximum absolute atomic E-state index is 12.1. The third kappa shape index (κ3) is 4.78. The van der Waals surface area contributed by atoms with E-state index in [0.717, 1.165) is 43.6 Å². The number of hydrogen-bond donors (Lipinski definition) is 1. The second kappa shape index (κ2) is 7.75. The van der Waals surface area contributed by atoms with E-state index in [-0.39, 0.29) is 6.03 Å². The van der Waals surface area contributed by atoms with E-state index in [1.54, 1.807) is 0 Å². The summed E-state index contributed by atoms with van der Waals surface area (Å²) in [5.41, 5.74) is 2.03. The molecule has 0 atom stereocenters. The molecule has 0 unspecified atom stereocenters. The molecule has 0 heterocycles.